The van der Waals surface area contributed by atoms with E-state index in [1.54, 1.807) is 0 Å². The van der Waals surface area contributed by atoms with Crippen molar-refractivity contribution in [2.75, 3.05) is 5.32 Å². The fourth-order valence-corrected chi connectivity index (χ4v) is 1.94. The van der Waals surface area contributed by atoms with Gasteiger partial charge in [0.2, 0.25) is 0 Å². The molecular formula is C15H16ClN3O. The van der Waals surface area contributed by atoms with E-state index in [0.717, 1.165) is 21.8 Å². The summed E-state index contributed by atoms with van der Waals surface area (Å²) >= 11 is 6.08. The molecule has 2 rings (SSSR count). The highest BCUT2D eigenvalue weighted by Crippen LogP contribution is 2.20. The molecule has 4 N–H and O–H groups in total. The summed E-state index contributed by atoms with van der Waals surface area (Å²) in [6.45, 7) is 2.65. The third-order valence-corrected chi connectivity index (χ3v) is 3.43. The Morgan fingerprint density at radius 1 is 1.25 bits per heavy atom. The zero-order chi connectivity index (χ0) is 14.5. The molecule has 0 bridgehead atoms. The fourth-order valence-electron chi connectivity index (χ4n) is 1.76. The van der Waals surface area contributed by atoms with Gasteiger partial charge >= 0.3 is 0 Å². The molecule has 104 valence electrons. The molecule has 0 unspecified atom stereocenters. The number of nitrogens with zero attached hydrogens (tertiary/aromatic N) is 1. The van der Waals surface area contributed by atoms with Crippen LogP contribution in [0.2, 0.25) is 5.02 Å². The van der Waals surface area contributed by atoms with E-state index < -0.39 is 0 Å². The van der Waals surface area contributed by atoms with Gasteiger partial charge in [-0.05, 0) is 30.2 Å². The van der Waals surface area contributed by atoms with Crippen LogP contribution in [0.1, 0.15) is 16.7 Å². The molecule has 0 heterocycles. The summed E-state index contributed by atoms with van der Waals surface area (Å²) in [6.07, 6.45) is 0. The monoisotopic (exact) mass is 289 g/mol. The number of rotatable bonds is 4. The molecule has 0 fully saturated rings. The Morgan fingerprint density at radius 3 is 2.55 bits per heavy atom. The van der Waals surface area contributed by atoms with Gasteiger partial charge in [0.05, 0.1) is 0 Å². The summed E-state index contributed by atoms with van der Waals surface area (Å²) in [5.74, 6) is 0.106. The van der Waals surface area contributed by atoms with Gasteiger partial charge in [0.15, 0.2) is 5.84 Å². The van der Waals surface area contributed by atoms with E-state index in [9.17, 15) is 0 Å². The number of hydrogen-bond donors (Lipinski definition) is 3. The number of halogens is 1. The van der Waals surface area contributed by atoms with Crippen LogP contribution < -0.4 is 11.1 Å². The van der Waals surface area contributed by atoms with Crippen LogP contribution in [0.5, 0.6) is 0 Å². The fraction of sp³-hybridized carbons (Fsp3) is 0.133. The number of oxime groups is 1. The molecule has 2 aromatic carbocycles. The highest BCUT2D eigenvalue weighted by Gasteiger charge is 2.00. The van der Waals surface area contributed by atoms with Crippen LogP contribution >= 0.6 is 11.6 Å². The van der Waals surface area contributed by atoms with Crippen molar-refractivity contribution < 1.29 is 5.21 Å². The summed E-state index contributed by atoms with van der Waals surface area (Å²) in [6, 6.07) is 13.4. The second-order valence-electron chi connectivity index (χ2n) is 4.50. The van der Waals surface area contributed by atoms with Crippen LogP contribution in [0.3, 0.4) is 0 Å². The molecule has 0 aromatic heterocycles. The van der Waals surface area contributed by atoms with Crippen LogP contribution in [0.4, 0.5) is 5.69 Å². The lowest BCUT2D eigenvalue weighted by atomic mass is 10.1. The quantitative estimate of drug-likeness (QED) is 0.350. The minimum atomic E-state index is 0.106. The van der Waals surface area contributed by atoms with E-state index in [1.807, 2.05) is 49.4 Å². The molecule has 0 radical (unpaired) electrons. The number of nitrogens with one attached hydrogen (secondary N) is 1. The molecule has 4 nitrogen and oxygen atoms in total. The summed E-state index contributed by atoms with van der Waals surface area (Å²) < 4.78 is 0. The van der Waals surface area contributed by atoms with Crippen LogP contribution in [-0.4, -0.2) is 11.0 Å². The highest BCUT2D eigenvalue weighted by atomic mass is 35.5. The molecule has 0 amide bonds. The average Bonchev–Trinajstić information content (AvgIpc) is 2.48. The van der Waals surface area contributed by atoms with Gasteiger partial charge in [-0.15, -0.1) is 0 Å². The molecule has 0 aliphatic rings. The maximum Gasteiger partial charge on any atom is 0.170 e. The number of anilines is 1. The van der Waals surface area contributed by atoms with Crippen molar-refractivity contribution >= 4 is 23.1 Å². The minimum Gasteiger partial charge on any atom is -0.409 e. The lowest BCUT2D eigenvalue weighted by Crippen LogP contribution is -2.13. The molecule has 0 aliphatic heterocycles. The minimum absolute atomic E-state index is 0.106. The Hall–Kier alpha value is -2.20. The molecule has 0 aliphatic carbocycles. The predicted molar refractivity (Wildman–Crippen MR) is 82.5 cm³/mol. The van der Waals surface area contributed by atoms with Crippen molar-refractivity contribution in [2.45, 2.75) is 13.5 Å². The molecule has 0 spiro atoms. The zero-order valence-corrected chi connectivity index (χ0v) is 11.9. The Kier molecular flexibility index (Phi) is 4.48. The third-order valence-electron chi connectivity index (χ3n) is 3.03. The van der Waals surface area contributed by atoms with Gasteiger partial charge < -0.3 is 16.3 Å². The zero-order valence-electron chi connectivity index (χ0n) is 11.1. The highest BCUT2D eigenvalue weighted by molar-refractivity contribution is 6.31. The molecule has 0 atom stereocenters. The van der Waals surface area contributed by atoms with E-state index in [2.05, 4.69) is 10.5 Å². The molecule has 20 heavy (non-hydrogen) atoms. The van der Waals surface area contributed by atoms with Crippen molar-refractivity contribution in [3.63, 3.8) is 0 Å². The Labute approximate surface area is 122 Å². The first-order chi connectivity index (χ1) is 9.60. The molecular weight excluding hydrogens is 274 g/mol. The van der Waals surface area contributed by atoms with E-state index in [4.69, 9.17) is 22.5 Å². The smallest absolute Gasteiger partial charge is 0.170 e. The van der Waals surface area contributed by atoms with E-state index in [1.165, 1.54) is 0 Å². The summed E-state index contributed by atoms with van der Waals surface area (Å²) in [7, 11) is 0. The van der Waals surface area contributed by atoms with Crippen molar-refractivity contribution in [3.05, 3.63) is 64.2 Å². The summed E-state index contributed by atoms with van der Waals surface area (Å²) in [4.78, 5) is 0. The summed E-state index contributed by atoms with van der Waals surface area (Å²) in [5.41, 5.74) is 9.32. The Balaban J connectivity index is 2.02. The molecule has 5 heteroatoms. The van der Waals surface area contributed by atoms with Crippen molar-refractivity contribution in [1.29, 1.82) is 0 Å². The second kappa shape index (κ2) is 6.30. The van der Waals surface area contributed by atoms with Gasteiger partial charge in [-0.1, -0.05) is 47.1 Å². The van der Waals surface area contributed by atoms with E-state index >= 15 is 0 Å². The van der Waals surface area contributed by atoms with Gasteiger partial charge in [0.25, 0.3) is 0 Å². The van der Waals surface area contributed by atoms with Gasteiger partial charge in [-0.3, -0.25) is 0 Å². The normalized spacial score (nSPS) is 11.4. The van der Waals surface area contributed by atoms with Gasteiger partial charge in [0, 0.05) is 22.8 Å². The van der Waals surface area contributed by atoms with Crippen LogP contribution in [0.15, 0.2) is 47.6 Å². The van der Waals surface area contributed by atoms with Crippen molar-refractivity contribution in [2.24, 2.45) is 10.9 Å². The van der Waals surface area contributed by atoms with Crippen LogP contribution in [-0.2, 0) is 6.54 Å². The maximum absolute atomic E-state index is 8.60. The first kappa shape index (κ1) is 14.2. The van der Waals surface area contributed by atoms with Gasteiger partial charge in [-0.25, -0.2) is 0 Å². The predicted octanol–water partition coefficient (Wildman–Crippen LogP) is 3.36. The first-order valence-corrected chi connectivity index (χ1v) is 6.55. The number of aryl methyl sites for hydroxylation is 1. The number of nitrogens with two attached hydrogens (primary N) is 1. The summed E-state index contributed by atoms with van der Waals surface area (Å²) in [5, 5.41) is 15.6. The number of amidine groups is 1. The lowest BCUT2D eigenvalue weighted by molar-refractivity contribution is 0.318. The van der Waals surface area contributed by atoms with Crippen molar-refractivity contribution in [1.82, 2.24) is 0 Å². The maximum atomic E-state index is 8.60. The third kappa shape index (κ3) is 3.42. The van der Waals surface area contributed by atoms with Gasteiger partial charge in [0.1, 0.15) is 0 Å². The number of hydrogen-bond acceptors (Lipinski definition) is 3. The second-order valence-corrected chi connectivity index (χ2v) is 4.91. The molecule has 0 saturated heterocycles. The Morgan fingerprint density at radius 2 is 1.95 bits per heavy atom. The SMILES string of the molecule is Cc1ccc(NCc2ccc(C(N)=NO)cc2)cc1Cl. The first-order valence-electron chi connectivity index (χ1n) is 6.17. The van der Waals surface area contributed by atoms with E-state index in [0.29, 0.717) is 12.1 Å². The van der Waals surface area contributed by atoms with Crippen molar-refractivity contribution in [3.8, 4) is 0 Å². The van der Waals surface area contributed by atoms with Gasteiger partial charge in [-0.2, -0.15) is 0 Å². The lowest BCUT2D eigenvalue weighted by Gasteiger charge is -2.08. The number of benzene rings is 2. The largest absolute Gasteiger partial charge is 0.409 e. The Bertz CT molecular complexity index is 624. The standard InChI is InChI=1S/C15H16ClN3O/c1-10-2-7-13(8-14(10)16)18-9-11-3-5-12(6-4-11)15(17)19-20/h2-8,18,20H,9H2,1H3,(H2,17,19). The van der Waals surface area contributed by atoms with E-state index in [-0.39, 0.29) is 5.84 Å². The topological polar surface area (TPSA) is 70.6 Å². The van der Waals surface area contributed by atoms with Crippen LogP contribution in [0.25, 0.3) is 0 Å². The molecule has 2 aromatic rings. The van der Waals surface area contributed by atoms with Crippen LogP contribution in [0, 0.1) is 6.92 Å². The average molecular weight is 290 g/mol. The molecule has 0 saturated carbocycles.